The molecule has 0 saturated carbocycles. The van der Waals surface area contributed by atoms with Gasteiger partial charge in [-0.3, -0.25) is 0 Å². The summed E-state index contributed by atoms with van der Waals surface area (Å²) in [5, 5.41) is 3.38. The molecule has 118 valence electrons. The second-order valence-corrected chi connectivity index (χ2v) is 6.84. The highest BCUT2D eigenvalue weighted by Gasteiger charge is 2.21. The Balaban J connectivity index is 2.04. The van der Waals surface area contributed by atoms with E-state index < -0.39 is 0 Å². The van der Waals surface area contributed by atoms with Gasteiger partial charge in [0.05, 0.1) is 5.69 Å². The number of anilines is 1. The molecule has 3 nitrogen and oxygen atoms in total. The third-order valence-electron chi connectivity index (χ3n) is 3.95. The van der Waals surface area contributed by atoms with Crippen LogP contribution < -0.4 is 10.2 Å². The normalized spacial score (nSPS) is 17.0. The number of halogens is 1. The predicted octanol–water partition coefficient (Wildman–Crippen LogP) is 3.33. The zero-order valence-corrected chi connectivity index (χ0v) is 13.6. The summed E-state index contributed by atoms with van der Waals surface area (Å²) in [4.78, 5) is 2.05. The van der Waals surface area contributed by atoms with Crippen LogP contribution in [0.25, 0.3) is 0 Å². The lowest BCUT2D eigenvalue weighted by Crippen LogP contribution is -2.37. The van der Waals surface area contributed by atoms with Crippen molar-refractivity contribution in [2.45, 2.75) is 51.7 Å². The number of nitrogens with zero attached hydrogens (tertiary/aromatic N) is 1. The SMILES string of the molecule is CN(c1ccc(CNC(C)(C)C)cc1F)C1CCOCC1. The topological polar surface area (TPSA) is 24.5 Å². The molecular weight excluding hydrogens is 267 g/mol. The van der Waals surface area contributed by atoms with Gasteiger partial charge < -0.3 is 15.0 Å². The molecule has 1 aromatic carbocycles. The molecule has 0 aliphatic carbocycles. The van der Waals surface area contributed by atoms with Crippen LogP contribution in [0, 0.1) is 5.82 Å². The first-order valence-electron chi connectivity index (χ1n) is 7.71. The minimum atomic E-state index is -0.141. The molecule has 1 N–H and O–H groups in total. The first-order chi connectivity index (χ1) is 9.87. The van der Waals surface area contributed by atoms with Crippen molar-refractivity contribution >= 4 is 5.69 Å². The fourth-order valence-corrected chi connectivity index (χ4v) is 2.58. The van der Waals surface area contributed by atoms with Crippen molar-refractivity contribution in [3.63, 3.8) is 0 Å². The smallest absolute Gasteiger partial charge is 0.146 e. The van der Waals surface area contributed by atoms with Gasteiger partial charge in [0.1, 0.15) is 5.82 Å². The van der Waals surface area contributed by atoms with E-state index >= 15 is 0 Å². The van der Waals surface area contributed by atoms with E-state index in [1.807, 2.05) is 19.2 Å². The summed E-state index contributed by atoms with van der Waals surface area (Å²) >= 11 is 0. The molecule has 21 heavy (non-hydrogen) atoms. The summed E-state index contributed by atoms with van der Waals surface area (Å²) in [6, 6.07) is 5.91. The fraction of sp³-hybridized carbons (Fsp3) is 0.647. The summed E-state index contributed by atoms with van der Waals surface area (Å²) in [6.45, 7) is 8.54. The van der Waals surface area contributed by atoms with Gasteiger partial charge >= 0.3 is 0 Å². The van der Waals surface area contributed by atoms with Crippen molar-refractivity contribution < 1.29 is 9.13 Å². The van der Waals surface area contributed by atoms with E-state index in [1.165, 1.54) is 0 Å². The van der Waals surface area contributed by atoms with Crippen molar-refractivity contribution in [2.75, 3.05) is 25.2 Å². The molecule has 0 bridgehead atoms. The van der Waals surface area contributed by atoms with E-state index in [0.29, 0.717) is 18.3 Å². The molecule has 0 atom stereocenters. The van der Waals surface area contributed by atoms with Crippen LogP contribution in [-0.2, 0) is 11.3 Å². The molecule has 1 saturated heterocycles. The number of nitrogens with one attached hydrogen (secondary N) is 1. The van der Waals surface area contributed by atoms with Crippen molar-refractivity contribution in [2.24, 2.45) is 0 Å². The van der Waals surface area contributed by atoms with Crippen LogP contribution in [0.2, 0.25) is 0 Å². The number of rotatable bonds is 4. The lowest BCUT2D eigenvalue weighted by atomic mass is 10.1. The van der Waals surface area contributed by atoms with Gasteiger partial charge in [0.2, 0.25) is 0 Å². The average Bonchev–Trinajstić information content (AvgIpc) is 2.45. The third-order valence-corrected chi connectivity index (χ3v) is 3.95. The molecule has 1 heterocycles. The summed E-state index contributed by atoms with van der Waals surface area (Å²) in [5.74, 6) is -0.141. The van der Waals surface area contributed by atoms with Crippen LogP contribution in [-0.4, -0.2) is 31.8 Å². The van der Waals surface area contributed by atoms with Gasteiger partial charge in [-0.25, -0.2) is 4.39 Å². The Morgan fingerprint density at radius 2 is 1.95 bits per heavy atom. The van der Waals surface area contributed by atoms with E-state index in [2.05, 4.69) is 31.0 Å². The fourth-order valence-electron chi connectivity index (χ4n) is 2.58. The average molecular weight is 294 g/mol. The highest BCUT2D eigenvalue weighted by molar-refractivity contribution is 5.49. The molecule has 0 unspecified atom stereocenters. The maximum Gasteiger partial charge on any atom is 0.146 e. The molecular formula is C17H27FN2O. The molecule has 4 heteroatoms. The van der Waals surface area contributed by atoms with Gasteiger partial charge in [0, 0.05) is 38.4 Å². The lowest BCUT2D eigenvalue weighted by Gasteiger charge is -2.33. The Bertz CT molecular complexity index is 464. The highest BCUT2D eigenvalue weighted by Crippen LogP contribution is 2.25. The second-order valence-electron chi connectivity index (χ2n) is 6.84. The predicted molar refractivity (Wildman–Crippen MR) is 85.2 cm³/mol. The molecule has 1 aliphatic rings. The van der Waals surface area contributed by atoms with Gasteiger partial charge in [-0.15, -0.1) is 0 Å². The van der Waals surface area contributed by atoms with E-state index in [9.17, 15) is 4.39 Å². The first-order valence-corrected chi connectivity index (χ1v) is 7.71. The van der Waals surface area contributed by atoms with Crippen LogP contribution in [0.1, 0.15) is 39.2 Å². The molecule has 0 spiro atoms. The number of benzene rings is 1. The Morgan fingerprint density at radius 1 is 1.29 bits per heavy atom. The standard InChI is InChI=1S/C17H27FN2O/c1-17(2,3)19-12-13-5-6-16(15(18)11-13)20(4)14-7-9-21-10-8-14/h5-6,11,14,19H,7-10,12H2,1-4H3. The van der Waals surface area contributed by atoms with Gasteiger partial charge in [0.15, 0.2) is 0 Å². The molecule has 0 amide bonds. The zero-order valence-electron chi connectivity index (χ0n) is 13.6. The molecule has 0 aromatic heterocycles. The van der Waals surface area contributed by atoms with Crippen LogP contribution in [0.15, 0.2) is 18.2 Å². The Hall–Kier alpha value is -1.13. The quantitative estimate of drug-likeness (QED) is 0.922. The maximum absolute atomic E-state index is 14.4. The summed E-state index contributed by atoms with van der Waals surface area (Å²) in [6.07, 6.45) is 1.92. The lowest BCUT2D eigenvalue weighted by molar-refractivity contribution is 0.0853. The molecule has 2 rings (SSSR count). The summed E-state index contributed by atoms with van der Waals surface area (Å²) in [7, 11) is 1.97. The second kappa shape index (κ2) is 6.75. The third kappa shape index (κ3) is 4.68. The van der Waals surface area contributed by atoms with Crippen LogP contribution in [0.4, 0.5) is 10.1 Å². The monoisotopic (exact) mass is 294 g/mol. The first kappa shape index (κ1) is 16.2. The zero-order chi connectivity index (χ0) is 15.5. The molecule has 1 aliphatic heterocycles. The van der Waals surface area contributed by atoms with Crippen molar-refractivity contribution in [1.29, 1.82) is 0 Å². The molecule has 1 aromatic rings. The van der Waals surface area contributed by atoms with Gasteiger partial charge in [-0.05, 0) is 51.3 Å². The number of ether oxygens (including phenoxy) is 1. The van der Waals surface area contributed by atoms with Crippen LogP contribution in [0.5, 0.6) is 0 Å². The van der Waals surface area contributed by atoms with Crippen LogP contribution in [0.3, 0.4) is 0 Å². The Kier molecular flexibility index (Phi) is 5.22. The van der Waals surface area contributed by atoms with Gasteiger partial charge in [-0.2, -0.15) is 0 Å². The minimum absolute atomic E-state index is 0.0358. The Morgan fingerprint density at radius 3 is 2.52 bits per heavy atom. The van der Waals surface area contributed by atoms with E-state index in [0.717, 1.165) is 31.6 Å². The maximum atomic E-state index is 14.4. The Labute approximate surface area is 127 Å². The number of hydrogen-bond acceptors (Lipinski definition) is 3. The largest absolute Gasteiger partial charge is 0.381 e. The van der Waals surface area contributed by atoms with E-state index in [-0.39, 0.29) is 11.4 Å². The number of hydrogen-bond donors (Lipinski definition) is 1. The van der Waals surface area contributed by atoms with E-state index in [1.54, 1.807) is 6.07 Å². The summed E-state index contributed by atoms with van der Waals surface area (Å²) < 4.78 is 19.7. The van der Waals surface area contributed by atoms with Gasteiger partial charge in [-0.1, -0.05) is 6.07 Å². The van der Waals surface area contributed by atoms with Crippen molar-refractivity contribution in [3.05, 3.63) is 29.6 Å². The van der Waals surface area contributed by atoms with Crippen molar-refractivity contribution in [3.8, 4) is 0 Å². The minimum Gasteiger partial charge on any atom is -0.381 e. The highest BCUT2D eigenvalue weighted by atomic mass is 19.1. The molecule has 1 fully saturated rings. The van der Waals surface area contributed by atoms with Gasteiger partial charge in [0.25, 0.3) is 0 Å². The van der Waals surface area contributed by atoms with Crippen molar-refractivity contribution in [1.82, 2.24) is 5.32 Å². The van der Waals surface area contributed by atoms with E-state index in [4.69, 9.17) is 4.74 Å². The summed E-state index contributed by atoms with van der Waals surface area (Å²) in [5.41, 5.74) is 1.70. The molecule has 0 radical (unpaired) electrons. The van der Waals surface area contributed by atoms with Crippen LogP contribution >= 0.6 is 0 Å².